The molecule has 0 aliphatic heterocycles. The Bertz CT molecular complexity index is 439. The number of hydrogen-bond acceptors (Lipinski definition) is 4. The number of nitrogens with two attached hydrogens (primary N) is 1. The number of benzene rings is 1. The minimum absolute atomic E-state index is 0.138. The molecule has 0 aliphatic rings. The molecule has 98 valence electrons. The van der Waals surface area contributed by atoms with Gasteiger partial charge in [0.2, 0.25) is 0 Å². The first-order chi connectivity index (χ1) is 8.54. The minimum Gasteiger partial charge on any atom is -0.339 e. The molecule has 0 aliphatic carbocycles. The fourth-order valence-corrected chi connectivity index (χ4v) is 1.15. The number of hydroxylamine groups is 1. The third-order valence-electron chi connectivity index (χ3n) is 2.01. The molecular formula is C11H14FN3O3. The molecule has 18 heavy (non-hydrogen) atoms. The molecule has 0 atom stereocenters. The van der Waals surface area contributed by atoms with Gasteiger partial charge in [0.1, 0.15) is 5.82 Å². The third kappa shape index (κ3) is 4.02. The summed E-state index contributed by atoms with van der Waals surface area (Å²) in [4.78, 5) is 26.9. The standard InChI is InChI=1S/C11H14FN3O3/c1-2-4-10(16)18-14-11(17)15(13)9-6-3-5-8(12)7-9/h3,5-7H,2,4,13H2,1H3,(H,14,17). The van der Waals surface area contributed by atoms with Gasteiger partial charge >= 0.3 is 12.0 Å². The van der Waals surface area contributed by atoms with Gasteiger partial charge in [0.25, 0.3) is 0 Å². The number of nitrogens with one attached hydrogen (secondary N) is 1. The Kier molecular flexibility index (Phi) is 5.06. The zero-order valence-corrected chi connectivity index (χ0v) is 9.85. The van der Waals surface area contributed by atoms with E-state index in [0.717, 1.165) is 6.07 Å². The highest BCUT2D eigenvalue weighted by molar-refractivity contribution is 5.90. The van der Waals surface area contributed by atoms with E-state index in [1.807, 2.05) is 5.48 Å². The Balaban J connectivity index is 2.54. The van der Waals surface area contributed by atoms with Crippen LogP contribution in [0.15, 0.2) is 24.3 Å². The van der Waals surface area contributed by atoms with Gasteiger partial charge in [-0.2, -0.15) is 5.48 Å². The van der Waals surface area contributed by atoms with Gasteiger partial charge in [-0.15, -0.1) is 0 Å². The molecule has 0 unspecified atom stereocenters. The van der Waals surface area contributed by atoms with E-state index in [2.05, 4.69) is 4.84 Å². The molecule has 0 fully saturated rings. The summed E-state index contributed by atoms with van der Waals surface area (Å²) in [5.74, 6) is 4.33. The van der Waals surface area contributed by atoms with Gasteiger partial charge in [0.15, 0.2) is 0 Å². The predicted octanol–water partition coefficient (Wildman–Crippen LogP) is 1.47. The summed E-state index contributed by atoms with van der Waals surface area (Å²) < 4.78 is 12.9. The van der Waals surface area contributed by atoms with Gasteiger partial charge in [-0.05, 0) is 24.6 Å². The maximum absolute atomic E-state index is 12.9. The maximum atomic E-state index is 12.9. The largest absolute Gasteiger partial charge is 0.369 e. The van der Waals surface area contributed by atoms with Crippen molar-refractivity contribution in [3.8, 4) is 0 Å². The highest BCUT2D eigenvalue weighted by atomic mass is 19.1. The lowest BCUT2D eigenvalue weighted by Crippen LogP contribution is -2.45. The van der Waals surface area contributed by atoms with E-state index >= 15 is 0 Å². The second-order valence-corrected chi connectivity index (χ2v) is 3.48. The van der Waals surface area contributed by atoms with Gasteiger partial charge in [0, 0.05) is 6.42 Å². The molecule has 0 saturated heterocycles. The summed E-state index contributed by atoms with van der Waals surface area (Å²) in [6.07, 6.45) is 0.787. The minimum atomic E-state index is -0.870. The van der Waals surface area contributed by atoms with Gasteiger partial charge < -0.3 is 4.84 Å². The van der Waals surface area contributed by atoms with Crippen molar-refractivity contribution in [2.45, 2.75) is 19.8 Å². The first-order valence-corrected chi connectivity index (χ1v) is 5.34. The second kappa shape index (κ2) is 6.55. The fourth-order valence-electron chi connectivity index (χ4n) is 1.15. The lowest BCUT2D eigenvalue weighted by atomic mass is 10.3. The summed E-state index contributed by atoms with van der Waals surface area (Å²) in [5.41, 5.74) is 2.01. The summed E-state index contributed by atoms with van der Waals surface area (Å²) in [7, 11) is 0. The molecule has 0 heterocycles. The molecule has 2 amide bonds. The van der Waals surface area contributed by atoms with Crippen molar-refractivity contribution in [3.05, 3.63) is 30.1 Å². The van der Waals surface area contributed by atoms with Crippen LogP contribution in [0.25, 0.3) is 0 Å². The van der Waals surface area contributed by atoms with E-state index in [0.29, 0.717) is 11.4 Å². The van der Waals surface area contributed by atoms with Crippen LogP contribution in [0, 0.1) is 5.82 Å². The third-order valence-corrected chi connectivity index (χ3v) is 2.01. The molecular weight excluding hydrogens is 241 g/mol. The highest BCUT2D eigenvalue weighted by Crippen LogP contribution is 2.12. The van der Waals surface area contributed by atoms with E-state index in [1.54, 1.807) is 6.92 Å². The Morgan fingerprint density at radius 1 is 1.50 bits per heavy atom. The monoisotopic (exact) mass is 255 g/mol. The molecule has 1 aromatic rings. The zero-order valence-electron chi connectivity index (χ0n) is 9.85. The van der Waals surface area contributed by atoms with Crippen molar-refractivity contribution in [2.75, 3.05) is 5.01 Å². The zero-order chi connectivity index (χ0) is 13.5. The maximum Gasteiger partial charge on any atom is 0.369 e. The van der Waals surface area contributed by atoms with E-state index in [4.69, 9.17) is 5.84 Å². The van der Waals surface area contributed by atoms with Crippen molar-refractivity contribution < 1.29 is 18.8 Å². The number of carbonyl (C=O) groups is 2. The average molecular weight is 255 g/mol. The Morgan fingerprint density at radius 3 is 2.83 bits per heavy atom. The molecule has 7 heteroatoms. The van der Waals surface area contributed by atoms with Gasteiger partial charge in [-0.3, -0.25) is 0 Å². The number of carbonyl (C=O) groups excluding carboxylic acids is 2. The molecule has 0 radical (unpaired) electrons. The first kappa shape index (κ1) is 13.9. The molecule has 3 N–H and O–H groups in total. The Labute approximate surface area is 103 Å². The number of urea groups is 1. The summed E-state index contributed by atoms with van der Waals surface area (Å²) in [6, 6.07) is 4.27. The summed E-state index contributed by atoms with van der Waals surface area (Å²) in [5, 5.41) is 0.641. The Morgan fingerprint density at radius 2 is 2.22 bits per heavy atom. The normalized spacial score (nSPS) is 9.72. The van der Waals surface area contributed by atoms with Crippen molar-refractivity contribution in [2.24, 2.45) is 5.84 Å². The van der Waals surface area contributed by atoms with Crippen molar-refractivity contribution in [1.29, 1.82) is 0 Å². The highest BCUT2D eigenvalue weighted by Gasteiger charge is 2.13. The van der Waals surface area contributed by atoms with E-state index in [9.17, 15) is 14.0 Å². The number of amides is 2. The number of nitrogens with zero attached hydrogens (tertiary/aromatic N) is 1. The van der Waals surface area contributed by atoms with Crippen LogP contribution >= 0.6 is 0 Å². The van der Waals surface area contributed by atoms with Gasteiger partial charge in [-0.25, -0.2) is 24.8 Å². The molecule has 6 nitrogen and oxygen atoms in total. The fraction of sp³-hybridized carbons (Fsp3) is 0.273. The van der Waals surface area contributed by atoms with E-state index in [-0.39, 0.29) is 12.1 Å². The summed E-state index contributed by atoms with van der Waals surface area (Å²) >= 11 is 0. The smallest absolute Gasteiger partial charge is 0.339 e. The second-order valence-electron chi connectivity index (χ2n) is 3.48. The number of rotatable bonds is 3. The SMILES string of the molecule is CCCC(=O)ONC(=O)N(N)c1cccc(F)c1. The average Bonchev–Trinajstić information content (AvgIpc) is 2.35. The summed E-state index contributed by atoms with van der Waals surface area (Å²) in [6.45, 7) is 1.80. The van der Waals surface area contributed by atoms with Gasteiger partial charge in [-0.1, -0.05) is 13.0 Å². The van der Waals surface area contributed by atoms with Crippen LogP contribution in [-0.2, 0) is 9.63 Å². The first-order valence-electron chi connectivity index (χ1n) is 5.34. The van der Waals surface area contributed by atoms with Crippen molar-refractivity contribution in [3.63, 3.8) is 0 Å². The van der Waals surface area contributed by atoms with Crippen LogP contribution in [0.3, 0.4) is 0 Å². The van der Waals surface area contributed by atoms with Crippen LogP contribution in [0.4, 0.5) is 14.9 Å². The molecule has 1 aromatic carbocycles. The molecule has 0 saturated carbocycles. The Hall–Kier alpha value is -2.15. The molecule has 0 spiro atoms. The van der Waals surface area contributed by atoms with E-state index < -0.39 is 17.8 Å². The number of halogens is 1. The van der Waals surface area contributed by atoms with Crippen LogP contribution in [0.1, 0.15) is 19.8 Å². The quantitative estimate of drug-likeness (QED) is 0.486. The number of hydrazine groups is 1. The lowest BCUT2D eigenvalue weighted by Gasteiger charge is -2.16. The van der Waals surface area contributed by atoms with E-state index in [1.165, 1.54) is 18.2 Å². The molecule has 0 aromatic heterocycles. The van der Waals surface area contributed by atoms with Crippen molar-refractivity contribution in [1.82, 2.24) is 5.48 Å². The molecule has 0 bridgehead atoms. The van der Waals surface area contributed by atoms with Crippen LogP contribution in [0.2, 0.25) is 0 Å². The van der Waals surface area contributed by atoms with Gasteiger partial charge in [0.05, 0.1) is 5.69 Å². The lowest BCUT2D eigenvalue weighted by molar-refractivity contribution is -0.148. The topological polar surface area (TPSA) is 84.7 Å². The number of hydrogen-bond donors (Lipinski definition) is 2. The van der Waals surface area contributed by atoms with Crippen LogP contribution in [0.5, 0.6) is 0 Å². The molecule has 1 rings (SSSR count). The van der Waals surface area contributed by atoms with Crippen LogP contribution in [-0.4, -0.2) is 12.0 Å². The van der Waals surface area contributed by atoms with Crippen LogP contribution < -0.4 is 16.3 Å². The van der Waals surface area contributed by atoms with Crippen molar-refractivity contribution >= 4 is 17.7 Å². The number of anilines is 1. The predicted molar refractivity (Wildman–Crippen MR) is 62.6 cm³/mol.